The normalized spacial score (nSPS) is 11.6. The number of nitrogens with zero attached hydrogens (tertiary/aromatic N) is 15. The van der Waals surface area contributed by atoms with E-state index in [9.17, 15) is 52.7 Å². The highest BCUT2D eigenvalue weighted by atomic mass is 19.4. The van der Waals surface area contributed by atoms with Gasteiger partial charge in [-0.3, -0.25) is 29.9 Å². The molecule has 12 aromatic rings. The van der Waals surface area contributed by atoms with Crippen LogP contribution in [0.5, 0.6) is 0 Å². The molecule has 0 saturated carbocycles. The van der Waals surface area contributed by atoms with E-state index in [1.54, 1.807) is 85.8 Å². The second-order valence-electron chi connectivity index (χ2n) is 21.9. The molecule has 0 saturated heterocycles. The van der Waals surface area contributed by atoms with E-state index in [1.807, 2.05) is 13.0 Å². The lowest BCUT2D eigenvalue weighted by Gasteiger charge is -2.10. The van der Waals surface area contributed by atoms with Crippen LogP contribution in [-0.4, -0.2) is 90.2 Å². The first-order valence-electron chi connectivity index (χ1n) is 31.0. The molecule has 7 N–H and O–H groups in total. The van der Waals surface area contributed by atoms with Gasteiger partial charge in [-0.1, -0.05) is 43.3 Å². The van der Waals surface area contributed by atoms with Crippen molar-refractivity contribution in [3.63, 3.8) is 0 Å². The number of benzene rings is 3. The van der Waals surface area contributed by atoms with Crippen molar-refractivity contribution in [2.75, 3.05) is 38.8 Å². The lowest BCUT2D eigenvalue weighted by Crippen LogP contribution is -2.05. The molecule has 0 unspecified atom stereocenters. The number of alkyl halides is 9. The summed E-state index contributed by atoms with van der Waals surface area (Å²) in [5.74, 6) is -1.70. The fourth-order valence-corrected chi connectivity index (χ4v) is 9.08. The third-order valence-electron chi connectivity index (χ3n) is 14.1. The quantitative estimate of drug-likeness (QED) is 0.0200. The lowest BCUT2D eigenvalue weighted by atomic mass is 10.2. The minimum Gasteiger partial charge on any atom is -0.396 e. The zero-order valence-corrected chi connectivity index (χ0v) is 54.6. The molecule has 0 aliphatic rings. The molecular formula is C71H55F12N21O. The molecule has 0 fully saturated rings. The summed E-state index contributed by atoms with van der Waals surface area (Å²) in [4.78, 5) is 49.3. The number of anilines is 9. The first kappa shape index (κ1) is 74.4. The lowest BCUT2D eigenvalue weighted by molar-refractivity contribution is -0.138. The maximum absolute atomic E-state index is 14.2. The van der Waals surface area contributed by atoms with Gasteiger partial charge < -0.3 is 21.1 Å². The summed E-state index contributed by atoms with van der Waals surface area (Å²) in [5.41, 5.74) is 12.8. The van der Waals surface area contributed by atoms with Crippen molar-refractivity contribution in [1.29, 1.82) is 0 Å². The molecule has 0 aliphatic heterocycles. The Morgan fingerprint density at radius 2 is 0.762 bits per heavy atom. The number of aliphatic hydroxyl groups excluding tert-OH is 1. The Bertz CT molecular complexity index is 4990. The topological polar surface area (TPSA) is 284 Å². The van der Waals surface area contributed by atoms with E-state index in [4.69, 9.17) is 5.11 Å². The molecule has 34 heteroatoms. The van der Waals surface area contributed by atoms with Crippen molar-refractivity contribution >= 4 is 70.6 Å². The number of hydrogen-bond acceptors (Lipinski definition) is 22. The summed E-state index contributed by atoms with van der Waals surface area (Å²) in [6.07, 6.45) is 0.995. The van der Waals surface area contributed by atoms with Gasteiger partial charge in [0.15, 0.2) is 17.5 Å². The SMILES string of the molecule is CCc1cccc(-c2nc(N/N=C/c3ccc(Nc4cccc(C(F)(F)F)c4)cn3)ncc2F)n1.Cc1cccc(-c2nc(N/N=C/c3ccc(Nc4cccc(C(F)(F)F)c4)cn3)ncc2F)n1.OCCc1ccc(-c2nc(N/N=C/c3ccc(Nc4cccc(C(F)(F)F)c4)cn3)ncc2F)nc1. The Kier molecular flexibility index (Phi) is 24.4. The van der Waals surface area contributed by atoms with Crippen molar-refractivity contribution in [2.45, 2.75) is 45.2 Å². The van der Waals surface area contributed by atoms with Gasteiger partial charge in [0, 0.05) is 41.3 Å². The average Bonchev–Trinajstić information content (AvgIpc) is 0.826. The van der Waals surface area contributed by atoms with Crippen LogP contribution in [0.3, 0.4) is 0 Å². The highest BCUT2D eigenvalue weighted by Crippen LogP contribution is 2.35. The van der Waals surface area contributed by atoms with Gasteiger partial charge in [-0.05, 0) is 147 Å². The van der Waals surface area contributed by atoms with Gasteiger partial charge in [0.1, 0.15) is 17.1 Å². The number of nitrogens with one attached hydrogen (secondary N) is 6. The van der Waals surface area contributed by atoms with Crippen molar-refractivity contribution in [2.24, 2.45) is 15.3 Å². The van der Waals surface area contributed by atoms with Gasteiger partial charge in [-0.25, -0.2) is 59.4 Å². The molecular weight excluding hydrogens is 1390 g/mol. The molecule has 0 radical (unpaired) electrons. The van der Waals surface area contributed by atoms with Gasteiger partial charge >= 0.3 is 18.5 Å². The summed E-state index contributed by atoms with van der Waals surface area (Å²) in [6, 6.07) is 38.2. The number of halogens is 12. The third-order valence-corrected chi connectivity index (χ3v) is 14.1. The van der Waals surface area contributed by atoms with Crippen molar-refractivity contribution in [3.05, 3.63) is 269 Å². The van der Waals surface area contributed by atoms with Crippen LogP contribution in [0.1, 0.15) is 57.6 Å². The van der Waals surface area contributed by atoms with Crippen molar-refractivity contribution < 1.29 is 57.8 Å². The van der Waals surface area contributed by atoms with Gasteiger partial charge in [0.2, 0.25) is 17.8 Å². The summed E-state index contributed by atoms with van der Waals surface area (Å²) >= 11 is 0. The smallest absolute Gasteiger partial charge is 0.396 e. The van der Waals surface area contributed by atoms with Crippen LogP contribution in [0.25, 0.3) is 34.2 Å². The molecule has 0 bridgehead atoms. The largest absolute Gasteiger partial charge is 0.416 e. The summed E-state index contributed by atoms with van der Waals surface area (Å²) < 4.78 is 158. The molecule has 9 aromatic heterocycles. The molecule has 105 heavy (non-hydrogen) atoms. The van der Waals surface area contributed by atoms with Gasteiger partial charge in [-0.15, -0.1) is 0 Å². The Balaban J connectivity index is 0.000000169. The van der Waals surface area contributed by atoms with Crippen LogP contribution in [0.4, 0.5) is 105 Å². The van der Waals surface area contributed by atoms with Gasteiger partial charge in [-0.2, -0.15) is 54.8 Å². The first-order chi connectivity index (χ1) is 50.4. The number of hydrazone groups is 3. The van der Waals surface area contributed by atoms with E-state index >= 15 is 0 Å². The number of hydrogen-bond donors (Lipinski definition) is 7. The summed E-state index contributed by atoms with van der Waals surface area (Å²) in [6.45, 7) is 3.73. The Morgan fingerprint density at radius 3 is 1.10 bits per heavy atom. The van der Waals surface area contributed by atoms with Crippen LogP contribution < -0.4 is 32.2 Å². The zero-order valence-electron chi connectivity index (χ0n) is 54.6. The Hall–Kier alpha value is -13.3. The molecule has 0 amide bonds. The summed E-state index contributed by atoms with van der Waals surface area (Å²) in [7, 11) is 0. The predicted octanol–water partition coefficient (Wildman–Crippen LogP) is 16.2. The van der Waals surface area contributed by atoms with E-state index in [0.29, 0.717) is 64.1 Å². The Labute approximate surface area is 588 Å². The minimum atomic E-state index is -4.43. The molecule has 12 rings (SSSR count). The van der Waals surface area contributed by atoms with Gasteiger partial charge in [0.25, 0.3) is 0 Å². The summed E-state index contributed by atoms with van der Waals surface area (Å²) in [5, 5.41) is 29.6. The van der Waals surface area contributed by atoms with E-state index < -0.39 is 52.7 Å². The number of pyridine rings is 6. The molecule has 0 atom stereocenters. The van der Waals surface area contributed by atoms with E-state index in [-0.39, 0.29) is 58.6 Å². The van der Waals surface area contributed by atoms with Crippen LogP contribution in [0.15, 0.2) is 216 Å². The monoisotopic (exact) mass is 1450 g/mol. The number of aliphatic hydroxyl groups is 1. The fourth-order valence-electron chi connectivity index (χ4n) is 9.08. The molecule has 0 aliphatic carbocycles. The average molecular weight is 1450 g/mol. The van der Waals surface area contributed by atoms with Gasteiger partial charge in [0.05, 0.1) is 124 Å². The molecule has 0 spiro atoms. The maximum atomic E-state index is 14.2. The van der Waals surface area contributed by atoms with Crippen LogP contribution >= 0.6 is 0 Å². The number of aryl methyl sites for hydroxylation is 2. The third kappa shape index (κ3) is 21.9. The molecule has 3 aromatic carbocycles. The van der Waals surface area contributed by atoms with E-state index in [0.717, 1.165) is 71.9 Å². The number of rotatable bonds is 21. The zero-order chi connectivity index (χ0) is 74.5. The second kappa shape index (κ2) is 34.4. The van der Waals surface area contributed by atoms with E-state index in [1.165, 1.54) is 79.8 Å². The highest BCUT2D eigenvalue weighted by Gasteiger charge is 2.32. The van der Waals surface area contributed by atoms with Crippen LogP contribution in [-0.2, 0) is 31.4 Å². The standard InChI is InChI=1S/C24H19F4N7O.C24H19F4N7.C23H17F4N7/c25-20-14-31-23(34-22(20)21-7-4-15(8-9-36)11-30-21)35-32-13-18-5-6-19(12-29-18)33-17-3-1-2-16(10-17)24(26,27)28;1-2-16-6-4-8-21(33-16)22-20(25)14-30-23(34-22)35-31-13-18-9-10-19(12-29-18)32-17-7-3-5-15(11-17)24(26,27)28;1-14-4-2-7-20(31-14)21-19(24)13-29-22(33-21)34-30-12-17-8-9-18(11-28-17)32-16-6-3-5-15(10-16)23(25,26)27/h1-7,10-14,33,36H,8-9H2,(H,31,34,35);3-14,32H,2H2,1H3,(H,30,34,35);2-13,32H,1H3,(H,29,33,34)/b32-13+;31-13+;30-12+. The highest BCUT2D eigenvalue weighted by molar-refractivity contribution is 5.80. The fraction of sp³-hybridized carbons (Fsp3) is 0.113. The molecule has 534 valence electrons. The maximum Gasteiger partial charge on any atom is 0.416 e. The minimum absolute atomic E-state index is 0.0126. The first-order valence-corrected chi connectivity index (χ1v) is 31.0. The number of aromatic nitrogens is 12. The van der Waals surface area contributed by atoms with Crippen molar-refractivity contribution in [1.82, 2.24) is 59.8 Å². The van der Waals surface area contributed by atoms with E-state index in [2.05, 4.69) is 107 Å². The predicted molar refractivity (Wildman–Crippen MR) is 371 cm³/mol. The Morgan fingerprint density at radius 1 is 0.381 bits per heavy atom. The molecule has 22 nitrogen and oxygen atoms in total. The van der Waals surface area contributed by atoms with Crippen LogP contribution in [0, 0.1) is 24.4 Å². The molecule has 9 heterocycles. The van der Waals surface area contributed by atoms with Crippen molar-refractivity contribution in [3.8, 4) is 34.2 Å². The van der Waals surface area contributed by atoms with Crippen LogP contribution in [0.2, 0.25) is 0 Å². The second-order valence-corrected chi connectivity index (χ2v) is 21.9.